The van der Waals surface area contributed by atoms with Crippen LogP contribution in [0.3, 0.4) is 0 Å². The highest BCUT2D eigenvalue weighted by atomic mass is 16.3. The second-order valence-electron chi connectivity index (χ2n) is 6.27. The third kappa shape index (κ3) is 2.93. The van der Waals surface area contributed by atoms with E-state index in [9.17, 15) is 10.2 Å². The average molecular weight is 304 g/mol. The van der Waals surface area contributed by atoms with Gasteiger partial charge in [0.15, 0.2) is 0 Å². The summed E-state index contributed by atoms with van der Waals surface area (Å²) in [5, 5.41) is 19.8. The molecule has 0 heterocycles. The van der Waals surface area contributed by atoms with Gasteiger partial charge in [-0.15, -0.1) is 0 Å². The lowest BCUT2D eigenvalue weighted by Gasteiger charge is -2.27. The maximum atomic E-state index is 10.4. The first-order chi connectivity index (χ1) is 11.0. The summed E-state index contributed by atoms with van der Waals surface area (Å²) >= 11 is 0. The van der Waals surface area contributed by atoms with Crippen LogP contribution in [0.2, 0.25) is 0 Å². The van der Waals surface area contributed by atoms with Crippen LogP contribution in [0.1, 0.15) is 25.0 Å². The van der Waals surface area contributed by atoms with E-state index < -0.39 is 0 Å². The quantitative estimate of drug-likeness (QED) is 0.707. The first-order valence-corrected chi connectivity index (χ1v) is 7.67. The van der Waals surface area contributed by atoms with Crippen molar-refractivity contribution in [1.29, 1.82) is 0 Å². The summed E-state index contributed by atoms with van der Waals surface area (Å²) in [7, 11) is 0. The molecule has 3 aromatic carbocycles. The van der Waals surface area contributed by atoms with Crippen molar-refractivity contribution in [1.82, 2.24) is 0 Å². The van der Waals surface area contributed by atoms with Gasteiger partial charge in [0, 0.05) is 11.0 Å². The van der Waals surface area contributed by atoms with Gasteiger partial charge in [0.1, 0.15) is 11.5 Å². The molecule has 3 rings (SSSR count). The molecule has 0 aliphatic carbocycles. The normalized spacial score (nSPS) is 11.4. The predicted octanol–water partition coefficient (Wildman–Crippen LogP) is 5.09. The third-order valence-electron chi connectivity index (χ3n) is 4.37. The van der Waals surface area contributed by atoms with Crippen LogP contribution in [-0.2, 0) is 5.41 Å². The highest BCUT2D eigenvalue weighted by Crippen LogP contribution is 2.39. The molecule has 0 fully saturated rings. The summed E-state index contributed by atoms with van der Waals surface area (Å²) in [6.45, 7) is 4.22. The summed E-state index contributed by atoms with van der Waals surface area (Å²) in [5.41, 5.74) is 3.75. The molecule has 0 aromatic heterocycles. The van der Waals surface area contributed by atoms with Gasteiger partial charge in [-0.3, -0.25) is 0 Å². The van der Waals surface area contributed by atoms with E-state index in [1.54, 1.807) is 18.2 Å². The molecule has 2 heteroatoms. The number of benzene rings is 3. The summed E-state index contributed by atoms with van der Waals surface area (Å²) < 4.78 is 0. The highest BCUT2D eigenvalue weighted by Gasteiger charge is 2.26. The van der Waals surface area contributed by atoms with Crippen molar-refractivity contribution in [3.8, 4) is 22.6 Å². The Balaban J connectivity index is 2.09. The highest BCUT2D eigenvalue weighted by molar-refractivity contribution is 5.67. The molecule has 0 saturated carbocycles. The van der Waals surface area contributed by atoms with Crippen molar-refractivity contribution >= 4 is 0 Å². The molecule has 0 bridgehead atoms. The van der Waals surface area contributed by atoms with Crippen LogP contribution in [-0.4, -0.2) is 10.2 Å². The average Bonchev–Trinajstić information content (AvgIpc) is 2.57. The molecule has 0 unspecified atom stereocenters. The molecule has 23 heavy (non-hydrogen) atoms. The summed E-state index contributed by atoms with van der Waals surface area (Å²) in [4.78, 5) is 0. The van der Waals surface area contributed by atoms with Crippen molar-refractivity contribution in [2.45, 2.75) is 19.3 Å². The van der Waals surface area contributed by atoms with Crippen LogP contribution in [0.15, 0.2) is 72.8 Å². The lowest BCUT2D eigenvalue weighted by atomic mass is 9.77. The number of hydrogen-bond donors (Lipinski definition) is 2. The number of phenolic OH excluding ortho intramolecular Hbond substituents is 2. The first kappa shape index (κ1) is 15.2. The Hall–Kier alpha value is -2.74. The second kappa shape index (κ2) is 5.81. The number of phenols is 2. The van der Waals surface area contributed by atoms with Crippen LogP contribution in [0.4, 0.5) is 0 Å². The fourth-order valence-corrected chi connectivity index (χ4v) is 2.88. The zero-order chi connectivity index (χ0) is 16.4. The van der Waals surface area contributed by atoms with E-state index >= 15 is 0 Å². The number of rotatable bonds is 3. The minimum atomic E-state index is -0.307. The number of hydrogen-bond acceptors (Lipinski definition) is 2. The minimum absolute atomic E-state index is 0.248. The van der Waals surface area contributed by atoms with Gasteiger partial charge >= 0.3 is 0 Å². The van der Waals surface area contributed by atoms with Gasteiger partial charge < -0.3 is 10.2 Å². The van der Waals surface area contributed by atoms with E-state index in [1.807, 2.05) is 42.5 Å². The Labute approximate surface area is 136 Å². The van der Waals surface area contributed by atoms with Crippen molar-refractivity contribution in [2.24, 2.45) is 0 Å². The molecule has 3 aromatic rings. The summed E-state index contributed by atoms with van der Waals surface area (Å²) in [5.74, 6) is 0.541. The Kier molecular flexibility index (Phi) is 3.83. The topological polar surface area (TPSA) is 40.5 Å². The van der Waals surface area contributed by atoms with Crippen LogP contribution < -0.4 is 0 Å². The maximum absolute atomic E-state index is 10.4. The Morgan fingerprint density at radius 2 is 1.30 bits per heavy atom. The van der Waals surface area contributed by atoms with Gasteiger partial charge in [0.25, 0.3) is 0 Å². The largest absolute Gasteiger partial charge is 0.508 e. The van der Waals surface area contributed by atoms with Gasteiger partial charge in [-0.25, -0.2) is 0 Å². The SMILES string of the molecule is CC(C)(c1ccccc1)c1cc(-c2ccc(O)cc2)ccc1O. The van der Waals surface area contributed by atoms with Crippen molar-refractivity contribution in [3.63, 3.8) is 0 Å². The molecule has 2 nitrogen and oxygen atoms in total. The molecule has 2 N–H and O–H groups in total. The van der Waals surface area contributed by atoms with E-state index in [-0.39, 0.29) is 11.2 Å². The lowest BCUT2D eigenvalue weighted by Crippen LogP contribution is -2.19. The molecule has 0 amide bonds. The van der Waals surface area contributed by atoms with Gasteiger partial charge in [-0.2, -0.15) is 0 Å². The van der Waals surface area contributed by atoms with E-state index in [1.165, 1.54) is 0 Å². The standard InChI is InChI=1S/C21H20O2/c1-21(2,17-6-4-3-5-7-17)19-14-16(10-13-20(19)23)15-8-11-18(22)12-9-15/h3-14,22-23H,1-2H3. The zero-order valence-electron chi connectivity index (χ0n) is 13.3. The van der Waals surface area contributed by atoms with E-state index in [4.69, 9.17) is 0 Å². The molecule has 0 saturated heterocycles. The number of aromatic hydroxyl groups is 2. The van der Waals surface area contributed by atoms with Crippen molar-refractivity contribution in [2.75, 3.05) is 0 Å². The van der Waals surface area contributed by atoms with E-state index in [0.717, 1.165) is 22.3 Å². The van der Waals surface area contributed by atoms with Gasteiger partial charge in [-0.1, -0.05) is 62.4 Å². The van der Waals surface area contributed by atoms with Crippen LogP contribution >= 0.6 is 0 Å². The predicted molar refractivity (Wildman–Crippen MR) is 93.8 cm³/mol. The molecule has 0 spiro atoms. The minimum Gasteiger partial charge on any atom is -0.508 e. The molecule has 116 valence electrons. The Morgan fingerprint density at radius 1 is 0.696 bits per heavy atom. The molecular formula is C21H20O2. The van der Waals surface area contributed by atoms with Crippen LogP contribution in [0, 0.1) is 0 Å². The lowest BCUT2D eigenvalue weighted by molar-refractivity contribution is 0.453. The van der Waals surface area contributed by atoms with Gasteiger partial charge in [0.05, 0.1) is 0 Å². The maximum Gasteiger partial charge on any atom is 0.119 e. The fraction of sp³-hybridized carbons (Fsp3) is 0.143. The monoisotopic (exact) mass is 304 g/mol. The Bertz CT molecular complexity index is 803. The molecule has 0 atom stereocenters. The zero-order valence-corrected chi connectivity index (χ0v) is 13.3. The van der Waals surface area contributed by atoms with E-state index in [2.05, 4.69) is 26.0 Å². The second-order valence-corrected chi connectivity index (χ2v) is 6.27. The Morgan fingerprint density at radius 3 is 1.96 bits per heavy atom. The van der Waals surface area contributed by atoms with Crippen LogP contribution in [0.25, 0.3) is 11.1 Å². The van der Waals surface area contributed by atoms with E-state index in [0.29, 0.717) is 5.75 Å². The van der Waals surface area contributed by atoms with Crippen molar-refractivity contribution in [3.05, 3.63) is 83.9 Å². The van der Waals surface area contributed by atoms with Gasteiger partial charge in [-0.05, 0) is 41.0 Å². The molecule has 0 aliphatic rings. The molecule has 0 aliphatic heterocycles. The third-order valence-corrected chi connectivity index (χ3v) is 4.37. The van der Waals surface area contributed by atoms with Crippen LogP contribution in [0.5, 0.6) is 11.5 Å². The fourth-order valence-electron chi connectivity index (χ4n) is 2.88. The first-order valence-electron chi connectivity index (χ1n) is 7.67. The molecule has 0 radical (unpaired) electrons. The van der Waals surface area contributed by atoms with Gasteiger partial charge in [0.2, 0.25) is 0 Å². The summed E-state index contributed by atoms with van der Waals surface area (Å²) in [6, 6.07) is 22.9. The smallest absolute Gasteiger partial charge is 0.119 e. The molecular weight excluding hydrogens is 284 g/mol. The van der Waals surface area contributed by atoms with Crippen molar-refractivity contribution < 1.29 is 10.2 Å². The summed E-state index contributed by atoms with van der Waals surface area (Å²) in [6.07, 6.45) is 0.